The van der Waals surface area contributed by atoms with Crippen molar-refractivity contribution < 1.29 is 5.11 Å². The number of rotatable bonds is 4. The Balaban J connectivity index is 1.82. The van der Waals surface area contributed by atoms with Crippen LogP contribution in [0.25, 0.3) is 0 Å². The molecule has 0 fully saturated rings. The summed E-state index contributed by atoms with van der Waals surface area (Å²) < 4.78 is 0. The molecular formula is C15H13ClOS2. The lowest BCUT2D eigenvalue weighted by Gasteiger charge is -2.00. The van der Waals surface area contributed by atoms with Crippen molar-refractivity contribution in [1.82, 2.24) is 0 Å². The smallest absolute Gasteiger partial charge is 0.104 e. The van der Waals surface area contributed by atoms with Crippen molar-refractivity contribution in [3.8, 4) is 11.8 Å². The van der Waals surface area contributed by atoms with Crippen molar-refractivity contribution >= 4 is 34.7 Å². The maximum absolute atomic E-state index is 8.64. The summed E-state index contributed by atoms with van der Waals surface area (Å²) in [5.41, 5.74) is 2.27. The van der Waals surface area contributed by atoms with Crippen LogP contribution >= 0.6 is 34.7 Å². The molecule has 98 valence electrons. The van der Waals surface area contributed by atoms with Gasteiger partial charge in [-0.15, -0.1) is 11.3 Å². The molecule has 4 heteroatoms. The predicted molar refractivity (Wildman–Crippen MR) is 84.7 cm³/mol. The molecule has 0 aliphatic heterocycles. The zero-order valence-electron chi connectivity index (χ0n) is 10.2. The Kier molecular flexibility index (Phi) is 5.81. The van der Waals surface area contributed by atoms with E-state index in [1.165, 1.54) is 10.4 Å². The second kappa shape index (κ2) is 7.62. The monoisotopic (exact) mass is 308 g/mol. The minimum Gasteiger partial charge on any atom is -0.384 e. The van der Waals surface area contributed by atoms with E-state index in [4.69, 9.17) is 16.7 Å². The Labute approximate surface area is 126 Å². The zero-order valence-corrected chi connectivity index (χ0v) is 12.6. The summed E-state index contributed by atoms with van der Waals surface area (Å²) in [6, 6.07) is 10.0. The van der Waals surface area contributed by atoms with Gasteiger partial charge >= 0.3 is 0 Å². The SMILES string of the molecule is OCC#Cc1csc(CSCc2ccc(Cl)cc2)c1. The molecule has 0 radical (unpaired) electrons. The van der Waals surface area contributed by atoms with E-state index in [1.807, 2.05) is 29.3 Å². The van der Waals surface area contributed by atoms with Gasteiger partial charge < -0.3 is 5.11 Å². The van der Waals surface area contributed by atoms with Gasteiger partial charge in [0.05, 0.1) is 0 Å². The molecule has 1 aromatic heterocycles. The van der Waals surface area contributed by atoms with Crippen LogP contribution in [-0.4, -0.2) is 11.7 Å². The first-order chi connectivity index (χ1) is 9.28. The van der Waals surface area contributed by atoms with Crippen LogP contribution in [0.2, 0.25) is 5.02 Å². The number of thiophene rings is 1. The highest BCUT2D eigenvalue weighted by atomic mass is 35.5. The Morgan fingerprint density at radius 2 is 2.00 bits per heavy atom. The Morgan fingerprint density at radius 3 is 2.74 bits per heavy atom. The van der Waals surface area contributed by atoms with Gasteiger partial charge in [-0.2, -0.15) is 11.8 Å². The number of thioether (sulfide) groups is 1. The number of aliphatic hydroxyl groups is 1. The van der Waals surface area contributed by atoms with E-state index >= 15 is 0 Å². The molecule has 1 heterocycles. The molecule has 0 atom stereocenters. The van der Waals surface area contributed by atoms with Crippen molar-refractivity contribution in [3.63, 3.8) is 0 Å². The van der Waals surface area contributed by atoms with Crippen LogP contribution in [0.15, 0.2) is 35.7 Å². The van der Waals surface area contributed by atoms with E-state index in [2.05, 4.69) is 30.0 Å². The second-order valence-electron chi connectivity index (χ2n) is 3.88. The first-order valence-corrected chi connectivity index (χ1v) is 8.18. The van der Waals surface area contributed by atoms with Crippen molar-refractivity contribution in [2.75, 3.05) is 6.61 Å². The minimum atomic E-state index is -0.0868. The molecule has 2 rings (SSSR count). The summed E-state index contributed by atoms with van der Waals surface area (Å²) in [5, 5.41) is 11.4. The number of benzene rings is 1. The molecule has 0 bridgehead atoms. The van der Waals surface area contributed by atoms with Crippen LogP contribution in [0.5, 0.6) is 0 Å². The molecule has 0 amide bonds. The quantitative estimate of drug-likeness (QED) is 0.855. The fourth-order valence-electron chi connectivity index (χ4n) is 1.51. The lowest BCUT2D eigenvalue weighted by molar-refractivity contribution is 0.350. The fraction of sp³-hybridized carbons (Fsp3) is 0.200. The average Bonchev–Trinajstić information content (AvgIpc) is 2.87. The first-order valence-electron chi connectivity index (χ1n) is 5.77. The van der Waals surface area contributed by atoms with E-state index < -0.39 is 0 Å². The maximum atomic E-state index is 8.64. The molecule has 0 spiro atoms. The highest BCUT2D eigenvalue weighted by Gasteiger charge is 1.99. The number of halogens is 1. The molecule has 1 nitrogen and oxygen atoms in total. The molecule has 0 unspecified atom stereocenters. The van der Waals surface area contributed by atoms with Crippen LogP contribution in [-0.2, 0) is 11.5 Å². The van der Waals surface area contributed by atoms with E-state index in [1.54, 1.807) is 11.3 Å². The molecule has 0 saturated carbocycles. The fourth-order valence-corrected chi connectivity index (χ4v) is 3.58. The maximum Gasteiger partial charge on any atom is 0.104 e. The van der Waals surface area contributed by atoms with E-state index in [-0.39, 0.29) is 6.61 Å². The third-order valence-electron chi connectivity index (χ3n) is 2.39. The van der Waals surface area contributed by atoms with Gasteiger partial charge in [0.1, 0.15) is 6.61 Å². The van der Waals surface area contributed by atoms with E-state index in [0.29, 0.717) is 0 Å². The molecule has 1 aromatic carbocycles. The largest absolute Gasteiger partial charge is 0.384 e. The molecule has 0 aliphatic carbocycles. The normalized spacial score (nSPS) is 10.0. The summed E-state index contributed by atoms with van der Waals surface area (Å²) in [6.45, 7) is -0.0868. The summed E-state index contributed by atoms with van der Waals surface area (Å²) in [4.78, 5) is 1.31. The standard InChI is InChI=1S/C15H13ClOS2/c16-14-5-3-12(4-6-14)9-18-11-15-8-13(10-19-15)2-1-7-17/h3-6,8,10,17H,7,9,11H2. The van der Waals surface area contributed by atoms with E-state index in [9.17, 15) is 0 Å². The van der Waals surface area contributed by atoms with Gasteiger partial charge in [0.2, 0.25) is 0 Å². The van der Waals surface area contributed by atoms with Crippen LogP contribution in [0, 0.1) is 11.8 Å². The summed E-state index contributed by atoms with van der Waals surface area (Å²) in [5.74, 6) is 7.53. The van der Waals surface area contributed by atoms with Crippen LogP contribution in [0.1, 0.15) is 16.0 Å². The van der Waals surface area contributed by atoms with Gasteiger partial charge in [0.15, 0.2) is 0 Å². The lowest BCUT2D eigenvalue weighted by atomic mass is 10.2. The highest BCUT2D eigenvalue weighted by molar-refractivity contribution is 7.97. The second-order valence-corrected chi connectivity index (χ2v) is 6.30. The third kappa shape index (κ3) is 4.93. The van der Waals surface area contributed by atoms with Gasteiger partial charge in [-0.05, 0) is 23.8 Å². The van der Waals surface area contributed by atoms with Crippen molar-refractivity contribution in [3.05, 3.63) is 56.7 Å². The van der Waals surface area contributed by atoms with Crippen molar-refractivity contribution in [1.29, 1.82) is 0 Å². The molecule has 0 saturated heterocycles. The van der Waals surface area contributed by atoms with Gasteiger partial charge in [-0.25, -0.2) is 0 Å². The average molecular weight is 309 g/mol. The summed E-state index contributed by atoms with van der Waals surface area (Å²) >= 11 is 9.43. The van der Waals surface area contributed by atoms with Gasteiger partial charge in [-0.1, -0.05) is 35.6 Å². The van der Waals surface area contributed by atoms with Gasteiger partial charge in [0, 0.05) is 32.3 Å². The summed E-state index contributed by atoms with van der Waals surface area (Å²) in [6.07, 6.45) is 0. The van der Waals surface area contributed by atoms with Crippen LogP contribution in [0.3, 0.4) is 0 Å². The van der Waals surface area contributed by atoms with E-state index in [0.717, 1.165) is 22.1 Å². The lowest BCUT2D eigenvalue weighted by Crippen LogP contribution is -1.80. The number of hydrogen-bond acceptors (Lipinski definition) is 3. The zero-order chi connectivity index (χ0) is 13.5. The first kappa shape index (κ1) is 14.5. The molecule has 2 aromatic rings. The topological polar surface area (TPSA) is 20.2 Å². The Morgan fingerprint density at radius 1 is 1.21 bits per heavy atom. The minimum absolute atomic E-state index is 0.0868. The van der Waals surface area contributed by atoms with Crippen LogP contribution in [0.4, 0.5) is 0 Å². The molecule has 1 N–H and O–H groups in total. The van der Waals surface area contributed by atoms with Crippen molar-refractivity contribution in [2.24, 2.45) is 0 Å². The van der Waals surface area contributed by atoms with Gasteiger partial charge in [-0.3, -0.25) is 0 Å². The van der Waals surface area contributed by atoms with Crippen molar-refractivity contribution in [2.45, 2.75) is 11.5 Å². The third-order valence-corrected chi connectivity index (χ3v) is 4.82. The number of hydrogen-bond donors (Lipinski definition) is 1. The molecule has 19 heavy (non-hydrogen) atoms. The highest BCUT2D eigenvalue weighted by Crippen LogP contribution is 2.23. The van der Waals surface area contributed by atoms with Crippen LogP contribution < -0.4 is 0 Å². The molecular weight excluding hydrogens is 296 g/mol. The molecule has 0 aliphatic rings. The number of aliphatic hydroxyl groups excluding tert-OH is 1. The Hall–Kier alpha value is -0.920. The Bertz CT molecular complexity index is 578. The summed E-state index contributed by atoms with van der Waals surface area (Å²) in [7, 11) is 0. The van der Waals surface area contributed by atoms with Gasteiger partial charge in [0.25, 0.3) is 0 Å². The predicted octanol–water partition coefficient (Wildman–Crippen LogP) is 4.18.